The Morgan fingerprint density at radius 2 is 1.97 bits per heavy atom. The van der Waals surface area contributed by atoms with Crippen molar-refractivity contribution in [1.82, 2.24) is 15.3 Å². The molecule has 0 aliphatic rings. The Bertz CT molecular complexity index is 930. The van der Waals surface area contributed by atoms with Gasteiger partial charge in [-0.15, -0.1) is 0 Å². The first kappa shape index (κ1) is 22.3. The standard InChI is InChI=1S/C19H23N3O6S/c1-11(14-9-13(26-2)5-6-15(14)27-3)20-17(24)10-29-19-21-12(7-16(23)22-19)8-18(25)28-4/h5-7,9,11H,8,10H2,1-4H3,(H,20,24)(H,21,22,23)/t11-/m0/s1. The van der Waals surface area contributed by atoms with Crippen molar-refractivity contribution in [2.45, 2.75) is 24.5 Å². The van der Waals surface area contributed by atoms with E-state index in [1.165, 1.54) is 13.2 Å². The van der Waals surface area contributed by atoms with E-state index in [1.54, 1.807) is 32.4 Å². The first-order valence-corrected chi connectivity index (χ1v) is 9.66. The van der Waals surface area contributed by atoms with Crippen LogP contribution in [0.3, 0.4) is 0 Å². The second-order valence-electron chi connectivity index (χ2n) is 5.98. The minimum Gasteiger partial charge on any atom is -0.497 e. The van der Waals surface area contributed by atoms with E-state index >= 15 is 0 Å². The van der Waals surface area contributed by atoms with Crippen LogP contribution in [0.25, 0.3) is 0 Å². The Hall–Kier alpha value is -3.01. The average molecular weight is 421 g/mol. The number of carbonyl (C=O) groups excluding carboxylic acids is 2. The normalized spacial score (nSPS) is 11.4. The van der Waals surface area contributed by atoms with Crippen molar-refractivity contribution in [3.05, 3.63) is 45.9 Å². The van der Waals surface area contributed by atoms with Crippen LogP contribution in [0.4, 0.5) is 0 Å². The van der Waals surface area contributed by atoms with Crippen LogP contribution in [0.1, 0.15) is 24.2 Å². The van der Waals surface area contributed by atoms with Gasteiger partial charge < -0.3 is 24.5 Å². The molecule has 0 aliphatic carbocycles. The van der Waals surface area contributed by atoms with Crippen LogP contribution in [0, 0.1) is 0 Å². The van der Waals surface area contributed by atoms with Gasteiger partial charge in [0.2, 0.25) is 5.91 Å². The number of aromatic nitrogens is 2. The Labute approximate surface area is 172 Å². The van der Waals surface area contributed by atoms with Crippen LogP contribution in [-0.2, 0) is 20.7 Å². The molecule has 0 saturated carbocycles. The number of esters is 1. The zero-order valence-electron chi connectivity index (χ0n) is 16.6. The molecule has 2 rings (SSSR count). The lowest BCUT2D eigenvalue weighted by molar-refractivity contribution is -0.139. The molecule has 1 aromatic heterocycles. The third kappa shape index (κ3) is 6.53. The number of H-pyrrole nitrogens is 1. The first-order chi connectivity index (χ1) is 13.9. The maximum Gasteiger partial charge on any atom is 0.311 e. The van der Waals surface area contributed by atoms with Gasteiger partial charge in [0.1, 0.15) is 11.5 Å². The molecule has 1 heterocycles. The van der Waals surface area contributed by atoms with Gasteiger partial charge in [-0.3, -0.25) is 14.4 Å². The van der Waals surface area contributed by atoms with Crippen molar-refractivity contribution >= 4 is 23.6 Å². The molecular weight excluding hydrogens is 398 g/mol. The SMILES string of the molecule is COC(=O)Cc1cc(=O)[nH]c(SCC(=O)N[C@@H](C)c2cc(OC)ccc2OC)n1. The predicted molar refractivity (Wildman–Crippen MR) is 107 cm³/mol. The number of hydrogen-bond donors (Lipinski definition) is 2. The summed E-state index contributed by atoms with van der Waals surface area (Å²) in [6.07, 6.45) is -0.118. The van der Waals surface area contributed by atoms with E-state index < -0.39 is 11.5 Å². The fourth-order valence-corrected chi connectivity index (χ4v) is 3.24. The van der Waals surface area contributed by atoms with E-state index in [1.807, 2.05) is 6.92 Å². The van der Waals surface area contributed by atoms with Gasteiger partial charge in [-0.25, -0.2) is 4.98 Å². The lowest BCUT2D eigenvalue weighted by Crippen LogP contribution is -2.28. The highest BCUT2D eigenvalue weighted by Crippen LogP contribution is 2.29. The number of carbonyl (C=O) groups is 2. The summed E-state index contributed by atoms with van der Waals surface area (Å²) in [6.45, 7) is 1.83. The minimum atomic E-state index is -0.502. The number of hydrogen-bond acceptors (Lipinski definition) is 8. The molecule has 0 aliphatic heterocycles. The zero-order chi connectivity index (χ0) is 21.4. The first-order valence-electron chi connectivity index (χ1n) is 8.67. The molecule has 0 fully saturated rings. The highest BCUT2D eigenvalue weighted by atomic mass is 32.2. The van der Waals surface area contributed by atoms with Crippen molar-refractivity contribution in [2.24, 2.45) is 0 Å². The molecule has 2 aromatic rings. The van der Waals surface area contributed by atoms with Crippen LogP contribution in [-0.4, -0.2) is 48.9 Å². The summed E-state index contributed by atoms with van der Waals surface area (Å²) in [6, 6.07) is 6.24. The van der Waals surface area contributed by atoms with Crippen molar-refractivity contribution < 1.29 is 23.8 Å². The molecule has 29 heavy (non-hydrogen) atoms. The van der Waals surface area contributed by atoms with Crippen molar-refractivity contribution in [3.8, 4) is 11.5 Å². The monoisotopic (exact) mass is 421 g/mol. The molecule has 1 aromatic carbocycles. The maximum atomic E-state index is 12.4. The van der Waals surface area contributed by atoms with Crippen molar-refractivity contribution in [3.63, 3.8) is 0 Å². The largest absolute Gasteiger partial charge is 0.497 e. The molecule has 0 spiro atoms. The van der Waals surface area contributed by atoms with Gasteiger partial charge in [0.25, 0.3) is 5.56 Å². The zero-order valence-corrected chi connectivity index (χ0v) is 17.4. The lowest BCUT2D eigenvalue weighted by atomic mass is 10.1. The summed E-state index contributed by atoms with van der Waals surface area (Å²) >= 11 is 1.06. The molecule has 9 nitrogen and oxygen atoms in total. The Kier molecular flexibility index (Phi) is 8.08. The van der Waals surface area contributed by atoms with Gasteiger partial charge >= 0.3 is 5.97 Å². The van der Waals surface area contributed by atoms with Gasteiger partial charge in [0.15, 0.2) is 5.16 Å². The quantitative estimate of drug-likeness (QED) is 0.355. The Morgan fingerprint density at radius 1 is 1.21 bits per heavy atom. The molecule has 156 valence electrons. The molecule has 0 bridgehead atoms. The van der Waals surface area contributed by atoms with E-state index in [4.69, 9.17) is 9.47 Å². The number of ether oxygens (including phenoxy) is 3. The molecular formula is C19H23N3O6S. The molecule has 0 saturated heterocycles. The van der Waals surface area contributed by atoms with Gasteiger partial charge in [-0.1, -0.05) is 11.8 Å². The highest BCUT2D eigenvalue weighted by Gasteiger charge is 2.16. The number of benzene rings is 1. The number of rotatable bonds is 9. The van der Waals surface area contributed by atoms with Crippen LogP contribution >= 0.6 is 11.8 Å². The smallest absolute Gasteiger partial charge is 0.311 e. The number of thioether (sulfide) groups is 1. The van der Waals surface area contributed by atoms with Gasteiger partial charge in [0, 0.05) is 11.6 Å². The molecule has 2 N–H and O–H groups in total. The number of nitrogens with zero attached hydrogens (tertiary/aromatic N) is 1. The van der Waals surface area contributed by atoms with E-state index in [0.29, 0.717) is 11.5 Å². The topological polar surface area (TPSA) is 120 Å². The summed E-state index contributed by atoms with van der Waals surface area (Å²) in [5.41, 5.74) is 0.645. The van der Waals surface area contributed by atoms with E-state index in [-0.39, 0.29) is 35.0 Å². The Balaban J connectivity index is 2.01. The predicted octanol–water partition coefficient (Wildman–Crippen LogP) is 1.47. The van der Waals surface area contributed by atoms with Crippen molar-refractivity contribution in [2.75, 3.05) is 27.1 Å². The van der Waals surface area contributed by atoms with Gasteiger partial charge in [-0.05, 0) is 25.1 Å². The summed E-state index contributed by atoms with van der Waals surface area (Å²) < 4.78 is 15.1. The second-order valence-corrected chi connectivity index (χ2v) is 6.94. The molecule has 1 atom stereocenters. The number of methoxy groups -OCH3 is 3. The molecule has 1 amide bonds. The maximum absolute atomic E-state index is 12.4. The number of amides is 1. The van der Waals surface area contributed by atoms with Gasteiger partial charge in [0.05, 0.1) is 45.2 Å². The third-order valence-corrected chi connectivity index (χ3v) is 4.82. The van der Waals surface area contributed by atoms with Crippen molar-refractivity contribution in [1.29, 1.82) is 0 Å². The van der Waals surface area contributed by atoms with Gasteiger partial charge in [-0.2, -0.15) is 0 Å². The summed E-state index contributed by atoms with van der Waals surface area (Å²) in [5, 5.41) is 3.12. The highest BCUT2D eigenvalue weighted by molar-refractivity contribution is 7.99. The fraction of sp³-hybridized carbons (Fsp3) is 0.368. The van der Waals surface area contributed by atoms with E-state index in [9.17, 15) is 14.4 Å². The molecule has 0 unspecified atom stereocenters. The third-order valence-electron chi connectivity index (χ3n) is 3.95. The Morgan fingerprint density at radius 3 is 2.62 bits per heavy atom. The summed E-state index contributed by atoms with van der Waals surface area (Å²) in [7, 11) is 4.38. The fourth-order valence-electron chi connectivity index (χ4n) is 2.54. The molecule has 10 heteroatoms. The summed E-state index contributed by atoms with van der Waals surface area (Å²) in [4.78, 5) is 42.2. The van der Waals surface area contributed by atoms with Crippen LogP contribution in [0.2, 0.25) is 0 Å². The number of aromatic amines is 1. The van der Waals surface area contributed by atoms with Crippen LogP contribution < -0.4 is 20.3 Å². The lowest BCUT2D eigenvalue weighted by Gasteiger charge is -2.18. The number of nitrogens with one attached hydrogen (secondary N) is 2. The minimum absolute atomic E-state index is 0.0290. The van der Waals surface area contributed by atoms with E-state index in [0.717, 1.165) is 17.3 Å². The molecule has 0 radical (unpaired) electrons. The van der Waals surface area contributed by atoms with E-state index in [2.05, 4.69) is 20.0 Å². The van der Waals surface area contributed by atoms with Crippen LogP contribution in [0.15, 0.2) is 34.2 Å². The second kappa shape index (κ2) is 10.5. The average Bonchev–Trinajstić information content (AvgIpc) is 2.71. The van der Waals surface area contributed by atoms with Crippen LogP contribution in [0.5, 0.6) is 11.5 Å². The summed E-state index contributed by atoms with van der Waals surface area (Å²) in [5.74, 6) is 0.556.